The molecule has 5 nitrogen and oxygen atoms in total. The van der Waals surface area contributed by atoms with Crippen molar-refractivity contribution < 1.29 is 19.1 Å². The van der Waals surface area contributed by atoms with Crippen LogP contribution in [0.1, 0.15) is 11.5 Å². The second kappa shape index (κ2) is 6.22. The van der Waals surface area contributed by atoms with Crippen molar-refractivity contribution in [1.29, 1.82) is 0 Å². The van der Waals surface area contributed by atoms with Gasteiger partial charge in [0.2, 0.25) is 5.91 Å². The molecule has 0 aromatic heterocycles. The number of hydrogen-bond donors (Lipinski definition) is 1. The van der Waals surface area contributed by atoms with Crippen molar-refractivity contribution in [3.63, 3.8) is 0 Å². The van der Waals surface area contributed by atoms with Gasteiger partial charge >= 0.3 is 5.97 Å². The number of carboxylic acids is 1. The number of aliphatic carboxylic acids is 1. The lowest BCUT2D eigenvalue weighted by Gasteiger charge is -2.19. The Labute approximate surface area is 123 Å². The average Bonchev–Trinajstić information content (AvgIpc) is 2.84. The minimum atomic E-state index is -0.926. The monoisotopic (exact) mass is 294 g/mol. The Hall–Kier alpha value is -1.95. The largest absolute Gasteiger partial charge is 0.481 e. The highest BCUT2D eigenvalue weighted by Gasteiger charge is 2.40. The van der Waals surface area contributed by atoms with Crippen LogP contribution in [0.5, 0.6) is 0 Å². The normalized spacial score (nSPS) is 21.8. The quantitative estimate of drug-likeness (QED) is 0.900. The maximum absolute atomic E-state index is 13.0. The standard InChI is InChI=1S/C15H19FN2O3/c1-17(2)9-14(19)18-7-12(13(8-18)15(20)21)10-3-5-11(16)6-4-10/h3-6,12-13H,7-9H2,1-2H3,(H,20,21)/t12-,13+/m0/s1. The molecular formula is C15H19FN2O3. The molecule has 0 spiro atoms. The van der Waals surface area contributed by atoms with E-state index >= 15 is 0 Å². The van der Waals surface area contributed by atoms with Crippen LogP contribution in [-0.4, -0.2) is 60.5 Å². The molecule has 0 unspecified atom stereocenters. The summed E-state index contributed by atoms with van der Waals surface area (Å²) in [5.74, 6) is -2.32. The number of amides is 1. The second-order valence-electron chi connectivity index (χ2n) is 5.64. The molecule has 0 bridgehead atoms. The lowest BCUT2D eigenvalue weighted by atomic mass is 9.89. The van der Waals surface area contributed by atoms with Gasteiger partial charge in [-0.1, -0.05) is 12.1 Å². The minimum absolute atomic E-state index is 0.0872. The van der Waals surface area contributed by atoms with Crippen LogP contribution in [0.4, 0.5) is 4.39 Å². The second-order valence-corrected chi connectivity index (χ2v) is 5.64. The molecule has 1 aliphatic heterocycles. The van der Waals surface area contributed by atoms with Crippen LogP contribution in [0.3, 0.4) is 0 Å². The first kappa shape index (κ1) is 15.4. The van der Waals surface area contributed by atoms with Crippen molar-refractivity contribution in [3.05, 3.63) is 35.6 Å². The lowest BCUT2D eigenvalue weighted by Crippen LogP contribution is -2.36. The van der Waals surface area contributed by atoms with Gasteiger partial charge in [0.15, 0.2) is 0 Å². The van der Waals surface area contributed by atoms with E-state index in [1.165, 1.54) is 12.1 Å². The molecule has 0 saturated carbocycles. The summed E-state index contributed by atoms with van der Waals surface area (Å²) in [6.45, 7) is 0.807. The Morgan fingerprint density at radius 2 is 1.90 bits per heavy atom. The number of halogens is 1. The molecule has 21 heavy (non-hydrogen) atoms. The van der Waals surface area contributed by atoms with Crippen molar-refractivity contribution in [2.45, 2.75) is 5.92 Å². The van der Waals surface area contributed by atoms with E-state index in [4.69, 9.17) is 0 Å². The number of carbonyl (C=O) groups is 2. The van der Waals surface area contributed by atoms with E-state index in [1.807, 2.05) is 0 Å². The fraction of sp³-hybridized carbons (Fsp3) is 0.467. The molecule has 2 atom stereocenters. The number of likely N-dealkylation sites (tertiary alicyclic amines) is 1. The molecule has 1 heterocycles. The van der Waals surface area contributed by atoms with E-state index in [-0.39, 0.29) is 30.7 Å². The summed E-state index contributed by atoms with van der Waals surface area (Å²) in [7, 11) is 3.58. The fourth-order valence-electron chi connectivity index (χ4n) is 2.68. The third-order valence-electron chi connectivity index (χ3n) is 3.74. The van der Waals surface area contributed by atoms with Crippen LogP contribution in [0.25, 0.3) is 0 Å². The van der Waals surface area contributed by atoms with Crippen molar-refractivity contribution in [3.8, 4) is 0 Å². The van der Waals surface area contributed by atoms with Gasteiger partial charge in [0.1, 0.15) is 5.82 Å². The molecule has 1 aliphatic rings. The molecule has 114 valence electrons. The van der Waals surface area contributed by atoms with Crippen LogP contribution < -0.4 is 0 Å². The summed E-state index contributed by atoms with van der Waals surface area (Å²) in [5, 5.41) is 9.36. The SMILES string of the molecule is CN(C)CC(=O)N1C[C@@H](C(=O)O)[C@H](c2ccc(F)cc2)C1. The number of benzene rings is 1. The molecule has 1 saturated heterocycles. The first-order valence-electron chi connectivity index (χ1n) is 6.79. The summed E-state index contributed by atoms with van der Waals surface area (Å²) in [4.78, 5) is 26.8. The highest BCUT2D eigenvalue weighted by molar-refractivity contribution is 5.81. The van der Waals surface area contributed by atoms with Gasteiger partial charge in [0, 0.05) is 19.0 Å². The van der Waals surface area contributed by atoms with Gasteiger partial charge in [-0.15, -0.1) is 0 Å². The van der Waals surface area contributed by atoms with Crippen molar-refractivity contribution in [2.75, 3.05) is 33.7 Å². The summed E-state index contributed by atoms with van der Waals surface area (Å²) >= 11 is 0. The van der Waals surface area contributed by atoms with Crippen LogP contribution in [0, 0.1) is 11.7 Å². The number of hydrogen-bond acceptors (Lipinski definition) is 3. The van der Waals surface area contributed by atoms with Crippen LogP contribution in [0.2, 0.25) is 0 Å². The zero-order chi connectivity index (χ0) is 15.6. The molecule has 1 amide bonds. The van der Waals surface area contributed by atoms with Crippen LogP contribution in [-0.2, 0) is 9.59 Å². The number of rotatable bonds is 4. The van der Waals surface area contributed by atoms with E-state index in [0.29, 0.717) is 6.54 Å². The Kier molecular flexibility index (Phi) is 4.57. The zero-order valence-corrected chi connectivity index (χ0v) is 12.1. The molecule has 6 heteroatoms. The number of nitrogens with zero attached hydrogens (tertiary/aromatic N) is 2. The molecule has 1 fully saturated rings. The molecule has 1 aromatic rings. The molecule has 1 aromatic carbocycles. The van der Waals surface area contributed by atoms with E-state index in [0.717, 1.165) is 5.56 Å². The number of likely N-dealkylation sites (N-methyl/N-ethyl adjacent to an activating group) is 1. The van der Waals surface area contributed by atoms with Crippen molar-refractivity contribution in [1.82, 2.24) is 9.80 Å². The predicted octanol–water partition coefficient (Wildman–Crippen LogP) is 1.01. The van der Waals surface area contributed by atoms with Gasteiger partial charge in [-0.2, -0.15) is 0 Å². The number of carboxylic acid groups (broad SMARTS) is 1. The van der Waals surface area contributed by atoms with E-state index in [1.54, 1.807) is 36.0 Å². The molecule has 0 radical (unpaired) electrons. The van der Waals surface area contributed by atoms with Crippen LogP contribution >= 0.6 is 0 Å². The third kappa shape index (κ3) is 3.58. The van der Waals surface area contributed by atoms with Gasteiger partial charge in [-0.25, -0.2) is 4.39 Å². The summed E-state index contributed by atoms with van der Waals surface area (Å²) in [5.41, 5.74) is 0.754. The first-order chi connectivity index (χ1) is 9.88. The maximum Gasteiger partial charge on any atom is 0.308 e. The first-order valence-corrected chi connectivity index (χ1v) is 6.79. The Balaban J connectivity index is 2.18. The zero-order valence-electron chi connectivity index (χ0n) is 12.1. The fourth-order valence-corrected chi connectivity index (χ4v) is 2.68. The Morgan fingerprint density at radius 3 is 2.43 bits per heavy atom. The van der Waals surface area contributed by atoms with Gasteiger partial charge in [0.05, 0.1) is 12.5 Å². The number of carbonyl (C=O) groups excluding carboxylic acids is 1. The summed E-state index contributed by atoms with van der Waals surface area (Å²) in [6, 6.07) is 5.82. The predicted molar refractivity (Wildman–Crippen MR) is 75.4 cm³/mol. The highest BCUT2D eigenvalue weighted by Crippen LogP contribution is 2.33. The van der Waals surface area contributed by atoms with Gasteiger partial charge in [0.25, 0.3) is 0 Å². The summed E-state index contributed by atoms with van der Waals surface area (Å²) < 4.78 is 13.0. The molecule has 1 N–H and O–H groups in total. The van der Waals surface area contributed by atoms with E-state index < -0.39 is 11.9 Å². The van der Waals surface area contributed by atoms with E-state index in [9.17, 15) is 19.1 Å². The summed E-state index contributed by atoms with van der Waals surface area (Å²) in [6.07, 6.45) is 0. The maximum atomic E-state index is 13.0. The van der Waals surface area contributed by atoms with Gasteiger partial charge < -0.3 is 14.9 Å². The highest BCUT2D eigenvalue weighted by atomic mass is 19.1. The minimum Gasteiger partial charge on any atom is -0.481 e. The van der Waals surface area contributed by atoms with Crippen molar-refractivity contribution >= 4 is 11.9 Å². The van der Waals surface area contributed by atoms with Crippen LogP contribution in [0.15, 0.2) is 24.3 Å². The lowest BCUT2D eigenvalue weighted by molar-refractivity contribution is -0.141. The Bertz CT molecular complexity index is 530. The van der Waals surface area contributed by atoms with Gasteiger partial charge in [-0.3, -0.25) is 9.59 Å². The topological polar surface area (TPSA) is 60.9 Å². The molecular weight excluding hydrogens is 275 g/mol. The molecule has 0 aliphatic carbocycles. The van der Waals surface area contributed by atoms with Crippen molar-refractivity contribution in [2.24, 2.45) is 5.92 Å². The van der Waals surface area contributed by atoms with Gasteiger partial charge in [-0.05, 0) is 31.8 Å². The Morgan fingerprint density at radius 1 is 1.29 bits per heavy atom. The van der Waals surface area contributed by atoms with E-state index in [2.05, 4.69) is 0 Å². The smallest absolute Gasteiger partial charge is 0.308 e. The average molecular weight is 294 g/mol. The molecule has 2 rings (SSSR count). The third-order valence-corrected chi connectivity index (χ3v) is 3.74.